The molecule has 2 heterocycles. The van der Waals surface area contributed by atoms with Crippen molar-refractivity contribution in [2.75, 3.05) is 0 Å². The lowest BCUT2D eigenvalue weighted by Crippen LogP contribution is -2.02. The van der Waals surface area contributed by atoms with Crippen LogP contribution in [0.3, 0.4) is 0 Å². The third-order valence-corrected chi connectivity index (χ3v) is 12.0. The summed E-state index contributed by atoms with van der Waals surface area (Å²) in [5.41, 5.74) is 11.1. The van der Waals surface area contributed by atoms with Crippen molar-refractivity contribution in [2.24, 2.45) is 0 Å². The SMILES string of the molecule is c1ccc(-c2ccc(-c3ccc4cccc(-c5nc(-c6c(-c7cccc8ccccc78)ccc7ccccc67)nc(-c6cccc7c6oc6ccccc67)n5)c4c3)cc2)cc1. The summed E-state index contributed by atoms with van der Waals surface area (Å²) in [7, 11) is 0. The predicted molar refractivity (Wildman–Crippen MR) is 252 cm³/mol. The number of para-hydroxylation sites is 2. The fourth-order valence-electron chi connectivity index (χ4n) is 8.98. The van der Waals surface area contributed by atoms with Crippen molar-refractivity contribution >= 4 is 54.3 Å². The average Bonchev–Trinajstić information content (AvgIpc) is 3.72. The predicted octanol–water partition coefficient (Wildman–Crippen LogP) is 15.2. The summed E-state index contributed by atoms with van der Waals surface area (Å²) in [6.07, 6.45) is 0. The van der Waals surface area contributed by atoms with Gasteiger partial charge >= 0.3 is 0 Å². The molecule has 0 unspecified atom stereocenters. The maximum Gasteiger partial charge on any atom is 0.167 e. The Hall–Kier alpha value is -8.21. The van der Waals surface area contributed by atoms with Crippen molar-refractivity contribution in [3.05, 3.63) is 212 Å². The largest absolute Gasteiger partial charge is 0.455 e. The van der Waals surface area contributed by atoms with Crippen LogP contribution in [0.4, 0.5) is 0 Å². The average molecular weight is 778 g/mol. The van der Waals surface area contributed by atoms with Gasteiger partial charge in [0, 0.05) is 21.9 Å². The van der Waals surface area contributed by atoms with E-state index in [4.69, 9.17) is 19.4 Å². The number of nitrogens with zero attached hydrogens (tertiary/aromatic N) is 3. The number of fused-ring (bicyclic) bond motifs is 6. The van der Waals surface area contributed by atoms with Crippen molar-refractivity contribution < 1.29 is 4.42 Å². The Balaban J connectivity index is 1.12. The van der Waals surface area contributed by atoms with Crippen molar-refractivity contribution in [1.82, 2.24) is 15.0 Å². The second-order valence-electron chi connectivity index (χ2n) is 15.5. The molecule has 0 bridgehead atoms. The molecule has 4 heteroatoms. The maximum absolute atomic E-state index is 6.61. The van der Waals surface area contributed by atoms with Gasteiger partial charge in [-0.05, 0) is 83.9 Å². The Labute approximate surface area is 352 Å². The quantitative estimate of drug-likeness (QED) is 0.169. The summed E-state index contributed by atoms with van der Waals surface area (Å²) in [6, 6.07) is 74.7. The Morgan fingerprint density at radius 1 is 0.279 bits per heavy atom. The first kappa shape index (κ1) is 34.8. The van der Waals surface area contributed by atoms with Crippen LogP contribution in [0.5, 0.6) is 0 Å². The van der Waals surface area contributed by atoms with Crippen LogP contribution in [-0.4, -0.2) is 15.0 Å². The molecule has 0 amide bonds. The van der Waals surface area contributed by atoms with Gasteiger partial charge in [0.25, 0.3) is 0 Å². The second kappa shape index (κ2) is 14.3. The molecule has 10 aromatic carbocycles. The summed E-state index contributed by atoms with van der Waals surface area (Å²) < 4.78 is 6.61. The Kier molecular flexibility index (Phi) is 8.13. The molecule has 0 aliphatic carbocycles. The summed E-state index contributed by atoms with van der Waals surface area (Å²) in [6.45, 7) is 0. The van der Waals surface area contributed by atoms with E-state index in [0.717, 1.165) is 82.4 Å². The first-order valence-electron chi connectivity index (χ1n) is 20.6. The molecular formula is C57H35N3O. The molecule has 4 nitrogen and oxygen atoms in total. The van der Waals surface area contributed by atoms with Gasteiger partial charge in [-0.25, -0.2) is 15.0 Å². The summed E-state index contributed by atoms with van der Waals surface area (Å²) >= 11 is 0. The minimum atomic E-state index is 0.547. The fraction of sp³-hybridized carbons (Fsp3) is 0. The summed E-state index contributed by atoms with van der Waals surface area (Å²) in [4.78, 5) is 16.3. The second-order valence-corrected chi connectivity index (χ2v) is 15.5. The highest BCUT2D eigenvalue weighted by molar-refractivity contribution is 6.10. The van der Waals surface area contributed by atoms with Gasteiger partial charge in [-0.15, -0.1) is 0 Å². The molecule has 0 saturated heterocycles. The molecular weight excluding hydrogens is 743 g/mol. The Morgan fingerprint density at radius 2 is 0.787 bits per heavy atom. The number of aromatic nitrogens is 3. The van der Waals surface area contributed by atoms with E-state index in [1.54, 1.807) is 0 Å². The zero-order valence-electron chi connectivity index (χ0n) is 33.0. The first-order chi connectivity index (χ1) is 30.2. The standard InChI is InChI=1S/C57H35N3O/c1-2-13-36(14-3-1)37-27-29-38(30-28-37)42-32-31-41-18-11-24-49(51(41)35-42)55-58-56(50-25-12-23-48-46-21-8-9-26-52(46)61-54(48)50)60-57(59-55)53-44-20-7-5-16-40(44)33-34-47(53)45-22-10-17-39-15-4-6-19-43(39)45/h1-35H. The Bertz CT molecular complexity index is 3640. The van der Waals surface area contributed by atoms with Gasteiger partial charge in [-0.1, -0.05) is 194 Å². The molecule has 0 aliphatic rings. The molecule has 2 aromatic heterocycles. The zero-order valence-corrected chi connectivity index (χ0v) is 33.0. The normalized spacial score (nSPS) is 11.6. The van der Waals surface area contributed by atoms with Crippen LogP contribution in [0.15, 0.2) is 217 Å². The van der Waals surface area contributed by atoms with E-state index in [2.05, 4.69) is 188 Å². The molecule has 0 atom stereocenters. The number of furan rings is 1. The van der Waals surface area contributed by atoms with E-state index < -0.39 is 0 Å². The van der Waals surface area contributed by atoms with Crippen molar-refractivity contribution in [1.29, 1.82) is 0 Å². The van der Waals surface area contributed by atoms with E-state index in [0.29, 0.717) is 17.5 Å². The zero-order chi connectivity index (χ0) is 40.3. The maximum atomic E-state index is 6.61. The number of hydrogen-bond acceptors (Lipinski definition) is 4. The van der Waals surface area contributed by atoms with Crippen molar-refractivity contribution in [3.63, 3.8) is 0 Å². The molecule has 0 radical (unpaired) electrons. The molecule has 0 saturated carbocycles. The molecule has 0 N–H and O–H groups in total. The monoisotopic (exact) mass is 777 g/mol. The van der Waals surface area contributed by atoms with Gasteiger partial charge in [0.05, 0.1) is 5.56 Å². The topological polar surface area (TPSA) is 51.8 Å². The van der Waals surface area contributed by atoms with Gasteiger partial charge in [0.1, 0.15) is 11.2 Å². The van der Waals surface area contributed by atoms with Crippen LogP contribution in [0, 0.1) is 0 Å². The third kappa shape index (κ3) is 5.96. The molecule has 12 aromatic rings. The van der Waals surface area contributed by atoms with Crippen LogP contribution in [-0.2, 0) is 0 Å². The van der Waals surface area contributed by atoms with E-state index in [1.165, 1.54) is 21.9 Å². The van der Waals surface area contributed by atoms with Crippen LogP contribution in [0.2, 0.25) is 0 Å². The van der Waals surface area contributed by atoms with Crippen LogP contribution >= 0.6 is 0 Å². The van der Waals surface area contributed by atoms with Gasteiger partial charge in [-0.3, -0.25) is 0 Å². The summed E-state index contributed by atoms with van der Waals surface area (Å²) in [5, 5.41) is 8.76. The molecule has 61 heavy (non-hydrogen) atoms. The van der Waals surface area contributed by atoms with Crippen LogP contribution < -0.4 is 0 Å². The lowest BCUT2D eigenvalue weighted by atomic mass is 9.90. The highest BCUT2D eigenvalue weighted by Crippen LogP contribution is 2.42. The highest BCUT2D eigenvalue weighted by atomic mass is 16.3. The third-order valence-electron chi connectivity index (χ3n) is 12.0. The number of benzene rings is 10. The van der Waals surface area contributed by atoms with Gasteiger partial charge in [0.2, 0.25) is 0 Å². The molecule has 0 aliphatic heterocycles. The molecule has 12 rings (SSSR count). The highest BCUT2D eigenvalue weighted by Gasteiger charge is 2.22. The summed E-state index contributed by atoms with van der Waals surface area (Å²) in [5.74, 6) is 1.73. The number of rotatable bonds is 6. The minimum Gasteiger partial charge on any atom is -0.455 e. The Morgan fingerprint density at radius 3 is 1.59 bits per heavy atom. The van der Waals surface area contributed by atoms with E-state index >= 15 is 0 Å². The fourth-order valence-corrected chi connectivity index (χ4v) is 8.98. The molecule has 0 spiro atoms. The van der Waals surface area contributed by atoms with Gasteiger partial charge in [-0.2, -0.15) is 0 Å². The van der Waals surface area contributed by atoms with E-state index in [9.17, 15) is 0 Å². The molecule has 284 valence electrons. The van der Waals surface area contributed by atoms with Gasteiger partial charge in [0.15, 0.2) is 17.5 Å². The van der Waals surface area contributed by atoms with Crippen LogP contribution in [0.1, 0.15) is 0 Å². The smallest absolute Gasteiger partial charge is 0.167 e. The minimum absolute atomic E-state index is 0.547. The van der Waals surface area contributed by atoms with E-state index in [1.807, 2.05) is 24.3 Å². The first-order valence-corrected chi connectivity index (χ1v) is 20.6. The lowest BCUT2D eigenvalue weighted by Gasteiger charge is -2.16. The van der Waals surface area contributed by atoms with E-state index in [-0.39, 0.29) is 0 Å². The number of hydrogen-bond donors (Lipinski definition) is 0. The van der Waals surface area contributed by atoms with Crippen molar-refractivity contribution in [3.8, 4) is 67.5 Å². The lowest BCUT2D eigenvalue weighted by molar-refractivity contribution is 0.669. The van der Waals surface area contributed by atoms with Crippen LogP contribution in [0.25, 0.3) is 122 Å². The van der Waals surface area contributed by atoms with Crippen molar-refractivity contribution in [2.45, 2.75) is 0 Å². The molecule has 0 fully saturated rings. The van der Waals surface area contributed by atoms with Gasteiger partial charge < -0.3 is 4.42 Å².